The van der Waals surface area contributed by atoms with Crippen molar-refractivity contribution in [1.29, 1.82) is 0 Å². The van der Waals surface area contributed by atoms with Crippen LogP contribution in [0.3, 0.4) is 0 Å². The van der Waals surface area contributed by atoms with Crippen molar-refractivity contribution in [2.24, 2.45) is 5.73 Å². The molecule has 0 bridgehead atoms. The second-order valence-corrected chi connectivity index (χ2v) is 4.43. The van der Waals surface area contributed by atoms with E-state index in [0.29, 0.717) is 6.04 Å². The lowest BCUT2D eigenvalue weighted by Crippen LogP contribution is -2.31. The molecule has 90 valence electrons. The summed E-state index contributed by atoms with van der Waals surface area (Å²) in [4.78, 5) is 2.36. The van der Waals surface area contributed by atoms with E-state index < -0.39 is 0 Å². The zero-order valence-corrected chi connectivity index (χ0v) is 10.9. The SMILES string of the molecule is CCC(CC)N(C)c1ccccc1C(C)N. The smallest absolute Gasteiger partial charge is 0.0414 e. The van der Waals surface area contributed by atoms with E-state index in [9.17, 15) is 0 Å². The summed E-state index contributed by atoms with van der Waals surface area (Å²) >= 11 is 0. The van der Waals surface area contributed by atoms with Gasteiger partial charge in [0.15, 0.2) is 0 Å². The van der Waals surface area contributed by atoms with Crippen molar-refractivity contribution in [1.82, 2.24) is 0 Å². The Hall–Kier alpha value is -1.02. The summed E-state index contributed by atoms with van der Waals surface area (Å²) < 4.78 is 0. The van der Waals surface area contributed by atoms with E-state index in [1.54, 1.807) is 0 Å². The van der Waals surface area contributed by atoms with Gasteiger partial charge in [0.1, 0.15) is 0 Å². The third-order valence-electron chi connectivity index (χ3n) is 3.30. The van der Waals surface area contributed by atoms with Gasteiger partial charge in [0.05, 0.1) is 0 Å². The van der Waals surface area contributed by atoms with Crippen molar-refractivity contribution in [2.75, 3.05) is 11.9 Å². The number of benzene rings is 1. The van der Waals surface area contributed by atoms with E-state index in [1.165, 1.54) is 24.1 Å². The van der Waals surface area contributed by atoms with Crippen LogP contribution in [0.25, 0.3) is 0 Å². The first-order valence-corrected chi connectivity index (χ1v) is 6.19. The molecular weight excluding hydrogens is 196 g/mol. The highest BCUT2D eigenvalue weighted by Gasteiger charge is 2.15. The highest BCUT2D eigenvalue weighted by molar-refractivity contribution is 5.55. The summed E-state index contributed by atoms with van der Waals surface area (Å²) in [5.41, 5.74) is 8.51. The number of hydrogen-bond donors (Lipinski definition) is 1. The Labute approximate surface area is 99.5 Å². The number of anilines is 1. The van der Waals surface area contributed by atoms with Crippen LogP contribution in [0.4, 0.5) is 5.69 Å². The van der Waals surface area contributed by atoms with Crippen molar-refractivity contribution < 1.29 is 0 Å². The van der Waals surface area contributed by atoms with Gasteiger partial charge in [-0.05, 0) is 31.4 Å². The van der Waals surface area contributed by atoms with E-state index in [2.05, 4.69) is 50.1 Å². The number of nitrogens with two attached hydrogens (primary N) is 1. The lowest BCUT2D eigenvalue weighted by molar-refractivity contribution is 0.588. The molecule has 0 saturated heterocycles. The molecule has 1 aromatic carbocycles. The minimum absolute atomic E-state index is 0.0908. The van der Waals surface area contributed by atoms with Crippen LogP contribution in [0.5, 0.6) is 0 Å². The number of rotatable bonds is 5. The Kier molecular flexibility index (Phi) is 4.81. The van der Waals surface area contributed by atoms with Gasteiger partial charge in [-0.3, -0.25) is 0 Å². The predicted octanol–water partition coefficient (Wildman–Crippen LogP) is 3.33. The highest BCUT2D eigenvalue weighted by Crippen LogP contribution is 2.26. The molecule has 2 nitrogen and oxygen atoms in total. The van der Waals surface area contributed by atoms with Gasteiger partial charge >= 0.3 is 0 Å². The lowest BCUT2D eigenvalue weighted by Gasteiger charge is -2.31. The van der Waals surface area contributed by atoms with Crippen LogP contribution in [-0.4, -0.2) is 13.1 Å². The molecule has 1 atom stereocenters. The van der Waals surface area contributed by atoms with Crippen LogP contribution in [0.2, 0.25) is 0 Å². The third kappa shape index (κ3) is 2.76. The van der Waals surface area contributed by atoms with Crippen molar-refractivity contribution in [3.8, 4) is 0 Å². The van der Waals surface area contributed by atoms with Crippen molar-refractivity contribution in [3.05, 3.63) is 29.8 Å². The number of para-hydroxylation sites is 1. The summed E-state index contributed by atoms with van der Waals surface area (Å²) in [5.74, 6) is 0. The topological polar surface area (TPSA) is 29.3 Å². The average Bonchev–Trinajstić information content (AvgIpc) is 2.30. The molecule has 0 aromatic heterocycles. The molecule has 0 spiro atoms. The molecule has 0 amide bonds. The van der Waals surface area contributed by atoms with Crippen molar-refractivity contribution in [2.45, 2.75) is 45.7 Å². The zero-order valence-electron chi connectivity index (χ0n) is 10.9. The van der Waals surface area contributed by atoms with Crippen molar-refractivity contribution >= 4 is 5.69 Å². The third-order valence-corrected chi connectivity index (χ3v) is 3.30. The molecule has 2 heteroatoms. The first-order chi connectivity index (χ1) is 7.61. The minimum atomic E-state index is 0.0908. The van der Waals surface area contributed by atoms with E-state index in [0.717, 1.165) is 0 Å². The molecular formula is C14H24N2. The number of nitrogens with zero attached hydrogens (tertiary/aromatic N) is 1. The molecule has 0 aliphatic rings. The average molecular weight is 220 g/mol. The molecule has 0 aliphatic heterocycles. The van der Waals surface area contributed by atoms with Gasteiger partial charge in [-0.1, -0.05) is 32.0 Å². The fraction of sp³-hybridized carbons (Fsp3) is 0.571. The van der Waals surface area contributed by atoms with Gasteiger partial charge in [-0.15, -0.1) is 0 Å². The fourth-order valence-electron chi connectivity index (χ4n) is 2.23. The molecule has 1 aromatic rings. The lowest BCUT2D eigenvalue weighted by atomic mass is 10.0. The van der Waals surface area contributed by atoms with Gasteiger partial charge in [0, 0.05) is 24.8 Å². The fourth-order valence-corrected chi connectivity index (χ4v) is 2.23. The minimum Gasteiger partial charge on any atom is -0.371 e. The largest absolute Gasteiger partial charge is 0.371 e. The maximum atomic E-state index is 6.01. The number of hydrogen-bond acceptors (Lipinski definition) is 2. The molecule has 16 heavy (non-hydrogen) atoms. The Morgan fingerprint density at radius 2 is 1.75 bits per heavy atom. The summed E-state index contributed by atoms with van der Waals surface area (Å²) in [6.07, 6.45) is 2.33. The summed E-state index contributed by atoms with van der Waals surface area (Å²) in [5, 5.41) is 0. The van der Waals surface area contributed by atoms with Gasteiger partial charge in [-0.2, -0.15) is 0 Å². The van der Waals surface area contributed by atoms with Crippen LogP contribution < -0.4 is 10.6 Å². The molecule has 0 aliphatic carbocycles. The quantitative estimate of drug-likeness (QED) is 0.824. The van der Waals surface area contributed by atoms with E-state index in [4.69, 9.17) is 5.73 Å². The maximum absolute atomic E-state index is 6.01. The van der Waals surface area contributed by atoms with Crippen LogP contribution in [0.1, 0.15) is 45.2 Å². The molecule has 1 unspecified atom stereocenters. The van der Waals surface area contributed by atoms with Crippen LogP contribution in [-0.2, 0) is 0 Å². The Morgan fingerprint density at radius 3 is 2.25 bits per heavy atom. The van der Waals surface area contributed by atoms with Gasteiger partial charge in [0.2, 0.25) is 0 Å². The van der Waals surface area contributed by atoms with Gasteiger partial charge in [-0.25, -0.2) is 0 Å². The first-order valence-electron chi connectivity index (χ1n) is 6.19. The Balaban J connectivity index is 3.02. The normalized spacial score (nSPS) is 12.9. The molecule has 2 N–H and O–H groups in total. The first kappa shape index (κ1) is 13.0. The summed E-state index contributed by atoms with van der Waals surface area (Å²) in [6.45, 7) is 6.51. The highest BCUT2D eigenvalue weighted by atomic mass is 15.1. The van der Waals surface area contributed by atoms with Crippen LogP contribution in [0, 0.1) is 0 Å². The molecule has 0 fully saturated rings. The molecule has 0 saturated carbocycles. The summed E-state index contributed by atoms with van der Waals surface area (Å²) in [7, 11) is 2.17. The van der Waals surface area contributed by atoms with E-state index in [1.807, 2.05) is 6.92 Å². The monoisotopic (exact) mass is 220 g/mol. The van der Waals surface area contributed by atoms with Crippen molar-refractivity contribution in [3.63, 3.8) is 0 Å². The molecule has 1 rings (SSSR count). The van der Waals surface area contributed by atoms with Crippen LogP contribution >= 0.6 is 0 Å². The predicted molar refractivity (Wildman–Crippen MR) is 71.8 cm³/mol. The Morgan fingerprint density at radius 1 is 1.19 bits per heavy atom. The zero-order chi connectivity index (χ0) is 12.1. The molecule has 0 heterocycles. The Bertz CT molecular complexity index is 316. The van der Waals surface area contributed by atoms with Crippen LogP contribution in [0.15, 0.2) is 24.3 Å². The second kappa shape index (κ2) is 5.90. The van der Waals surface area contributed by atoms with E-state index in [-0.39, 0.29) is 6.04 Å². The summed E-state index contributed by atoms with van der Waals surface area (Å²) in [6, 6.07) is 9.12. The van der Waals surface area contributed by atoms with E-state index >= 15 is 0 Å². The maximum Gasteiger partial charge on any atom is 0.0414 e. The molecule has 0 radical (unpaired) electrons. The van der Waals surface area contributed by atoms with Gasteiger partial charge in [0.25, 0.3) is 0 Å². The standard InChI is InChI=1S/C14H24N2/c1-5-12(6-2)16(4)14-10-8-7-9-13(14)11(3)15/h7-12H,5-6,15H2,1-4H3. The second-order valence-electron chi connectivity index (χ2n) is 4.43. The van der Waals surface area contributed by atoms with Gasteiger partial charge < -0.3 is 10.6 Å².